The predicted molar refractivity (Wildman–Crippen MR) is 127 cm³/mol. The Labute approximate surface area is 192 Å². The summed E-state index contributed by atoms with van der Waals surface area (Å²) < 4.78 is 0. The van der Waals surface area contributed by atoms with Crippen LogP contribution in [0.25, 0.3) is 0 Å². The van der Waals surface area contributed by atoms with E-state index < -0.39 is 0 Å². The van der Waals surface area contributed by atoms with E-state index in [9.17, 15) is 0 Å². The summed E-state index contributed by atoms with van der Waals surface area (Å²) in [6.07, 6.45) is 4.99. The molecule has 1 atom stereocenters. The van der Waals surface area contributed by atoms with E-state index in [1.807, 2.05) is 18.2 Å². The number of aromatic nitrogens is 2. The molecule has 2 aromatic rings. The fourth-order valence-corrected chi connectivity index (χ4v) is 5.26. The van der Waals surface area contributed by atoms with Crippen molar-refractivity contribution in [3.63, 3.8) is 0 Å². The van der Waals surface area contributed by atoms with Gasteiger partial charge in [0.05, 0.1) is 23.1 Å². The van der Waals surface area contributed by atoms with Crippen molar-refractivity contribution in [2.75, 3.05) is 24.5 Å². The number of benzene rings is 1. The molecule has 3 aliphatic rings. The van der Waals surface area contributed by atoms with Gasteiger partial charge in [0.25, 0.3) is 0 Å². The Morgan fingerprint density at radius 3 is 2.77 bits per heavy atom. The van der Waals surface area contributed by atoms with Gasteiger partial charge in [0.1, 0.15) is 5.69 Å². The van der Waals surface area contributed by atoms with Gasteiger partial charge in [0.15, 0.2) is 0 Å². The summed E-state index contributed by atoms with van der Waals surface area (Å²) in [5, 5.41) is 22.9. The Kier molecular flexibility index (Phi) is 5.95. The first-order chi connectivity index (χ1) is 15.1. The minimum absolute atomic E-state index is 0.0781. The van der Waals surface area contributed by atoms with Gasteiger partial charge in [-0.1, -0.05) is 23.2 Å². The third-order valence-corrected chi connectivity index (χ3v) is 7.18. The normalized spacial score (nSPS) is 20.3. The maximum Gasteiger partial charge on any atom is 0.112 e. The average Bonchev–Trinajstić information content (AvgIpc) is 3.30. The van der Waals surface area contributed by atoms with Gasteiger partial charge in [0.2, 0.25) is 0 Å². The molecule has 1 aromatic carbocycles. The molecular weight excluding hydrogens is 431 g/mol. The lowest BCUT2D eigenvalue weighted by atomic mass is 9.90. The van der Waals surface area contributed by atoms with Crippen molar-refractivity contribution in [3.05, 3.63) is 51.3 Å². The van der Waals surface area contributed by atoms with Crippen LogP contribution in [-0.4, -0.2) is 41.3 Å². The summed E-state index contributed by atoms with van der Waals surface area (Å²) in [7, 11) is 0. The van der Waals surface area contributed by atoms with E-state index in [0.29, 0.717) is 10.9 Å². The highest BCUT2D eigenvalue weighted by atomic mass is 35.5. The molecular formula is C23H26Cl2N6. The van der Waals surface area contributed by atoms with Crippen LogP contribution in [0.3, 0.4) is 0 Å². The number of fused-ring (bicyclic) bond motifs is 1. The number of piperidine rings is 1. The zero-order chi connectivity index (χ0) is 21.4. The van der Waals surface area contributed by atoms with Gasteiger partial charge in [0, 0.05) is 34.6 Å². The van der Waals surface area contributed by atoms with Crippen LogP contribution >= 0.6 is 23.2 Å². The van der Waals surface area contributed by atoms with E-state index >= 15 is 0 Å². The number of aryl methyl sites for hydroxylation is 1. The van der Waals surface area contributed by atoms with Gasteiger partial charge in [-0.3, -0.25) is 0 Å². The molecule has 0 spiro atoms. The molecule has 3 aliphatic heterocycles. The lowest BCUT2D eigenvalue weighted by Gasteiger charge is -2.36. The second-order valence-corrected chi connectivity index (χ2v) is 9.38. The Hall–Kier alpha value is -2.02. The van der Waals surface area contributed by atoms with E-state index in [-0.39, 0.29) is 6.04 Å². The number of nitrogens with zero attached hydrogens (tertiary/aromatic N) is 5. The van der Waals surface area contributed by atoms with Crippen molar-refractivity contribution >= 4 is 40.3 Å². The number of halogens is 2. The third-order valence-electron chi connectivity index (χ3n) is 6.60. The van der Waals surface area contributed by atoms with Crippen LogP contribution < -0.4 is 10.2 Å². The van der Waals surface area contributed by atoms with Crippen LogP contribution in [0.5, 0.6) is 0 Å². The first-order valence-electron chi connectivity index (χ1n) is 11.0. The average molecular weight is 457 g/mol. The highest BCUT2D eigenvalue weighted by molar-refractivity contribution is 6.33. The Balaban J connectivity index is 1.40. The second kappa shape index (κ2) is 8.85. The molecule has 0 aliphatic carbocycles. The number of nitrogens with one attached hydrogen (secondary N) is 1. The van der Waals surface area contributed by atoms with Gasteiger partial charge in [-0.25, -0.2) is 0 Å². The largest absolute Gasteiger partial charge is 0.363 e. The zero-order valence-corrected chi connectivity index (χ0v) is 19.1. The van der Waals surface area contributed by atoms with E-state index in [2.05, 4.69) is 43.6 Å². The minimum Gasteiger partial charge on any atom is -0.363 e. The molecule has 1 saturated heterocycles. The van der Waals surface area contributed by atoms with Crippen LogP contribution in [0.15, 0.2) is 34.5 Å². The molecule has 0 radical (unpaired) electrons. The molecule has 31 heavy (non-hydrogen) atoms. The van der Waals surface area contributed by atoms with Crippen molar-refractivity contribution in [2.24, 2.45) is 16.1 Å². The Bertz CT molecular complexity index is 1040. The Morgan fingerprint density at radius 2 is 1.94 bits per heavy atom. The topological polar surface area (TPSA) is 65.8 Å². The molecule has 8 heteroatoms. The SMILES string of the molecule is CC(c1cc(Cl)ccc1Cl)N1CCCc2nnc(C3=NN=C(C4CCNCC4)C3)cc21. The fourth-order valence-electron chi connectivity index (χ4n) is 4.81. The molecule has 0 bridgehead atoms. The standard InChI is InChI=1S/C23H26Cl2N6/c1-14(17-11-16(24)4-5-18(17)25)31-10-2-3-19-23(31)13-22(30-27-19)21-12-20(28-29-21)15-6-8-26-9-7-15/h4-5,11,13-15,26H,2-3,6-10,12H2,1H3. The summed E-state index contributed by atoms with van der Waals surface area (Å²) in [4.78, 5) is 2.36. The molecule has 1 aromatic heterocycles. The molecule has 0 amide bonds. The van der Waals surface area contributed by atoms with Crippen molar-refractivity contribution in [2.45, 2.75) is 45.1 Å². The van der Waals surface area contributed by atoms with Gasteiger partial charge in [-0.05, 0) is 75.5 Å². The highest BCUT2D eigenvalue weighted by Crippen LogP contribution is 2.37. The monoisotopic (exact) mass is 456 g/mol. The van der Waals surface area contributed by atoms with Crippen LogP contribution in [0, 0.1) is 5.92 Å². The predicted octanol–water partition coefficient (Wildman–Crippen LogP) is 4.85. The molecule has 0 saturated carbocycles. The maximum atomic E-state index is 6.51. The first kappa shape index (κ1) is 20.9. The van der Waals surface area contributed by atoms with Crippen molar-refractivity contribution in [1.29, 1.82) is 0 Å². The van der Waals surface area contributed by atoms with Crippen molar-refractivity contribution in [3.8, 4) is 0 Å². The van der Waals surface area contributed by atoms with Gasteiger partial charge >= 0.3 is 0 Å². The molecule has 1 N–H and O–H groups in total. The second-order valence-electron chi connectivity index (χ2n) is 8.54. The summed E-state index contributed by atoms with van der Waals surface area (Å²) in [5.41, 5.74) is 6.09. The summed E-state index contributed by atoms with van der Waals surface area (Å²) in [6.45, 7) is 5.21. The van der Waals surface area contributed by atoms with E-state index in [1.165, 1.54) is 5.71 Å². The third kappa shape index (κ3) is 4.21. The highest BCUT2D eigenvalue weighted by Gasteiger charge is 2.29. The number of hydrogen-bond donors (Lipinski definition) is 1. The molecule has 5 rings (SSSR count). The molecule has 162 valence electrons. The maximum absolute atomic E-state index is 6.51. The molecule has 1 fully saturated rings. The number of rotatable bonds is 4. The van der Waals surface area contributed by atoms with Crippen LogP contribution in [0.4, 0.5) is 5.69 Å². The van der Waals surface area contributed by atoms with E-state index in [4.69, 9.17) is 23.2 Å². The summed E-state index contributed by atoms with van der Waals surface area (Å²) in [6, 6.07) is 7.86. The molecule has 4 heterocycles. The smallest absolute Gasteiger partial charge is 0.112 e. The molecule has 1 unspecified atom stereocenters. The van der Waals surface area contributed by atoms with Crippen molar-refractivity contribution in [1.82, 2.24) is 15.5 Å². The fraction of sp³-hybridized carbons (Fsp3) is 0.478. The van der Waals surface area contributed by atoms with E-state index in [1.54, 1.807) is 0 Å². The van der Waals surface area contributed by atoms with Crippen LogP contribution in [-0.2, 0) is 6.42 Å². The first-order valence-corrected chi connectivity index (χ1v) is 11.8. The quantitative estimate of drug-likeness (QED) is 0.713. The minimum atomic E-state index is 0.0781. The van der Waals surface area contributed by atoms with Gasteiger partial charge in [-0.2, -0.15) is 15.3 Å². The van der Waals surface area contributed by atoms with Crippen molar-refractivity contribution < 1.29 is 0 Å². The van der Waals surface area contributed by atoms with Gasteiger partial charge in [-0.15, -0.1) is 5.10 Å². The summed E-state index contributed by atoms with van der Waals surface area (Å²) >= 11 is 12.8. The van der Waals surface area contributed by atoms with E-state index in [0.717, 1.165) is 85.1 Å². The molecule has 6 nitrogen and oxygen atoms in total. The number of anilines is 1. The van der Waals surface area contributed by atoms with Crippen LogP contribution in [0.1, 0.15) is 55.6 Å². The lowest BCUT2D eigenvalue weighted by molar-refractivity contribution is 0.454. The van der Waals surface area contributed by atoms with Gasteiger partial charge < -0.3 is 10.2 Å². The summed E-state index contributed by atoms with van der Waals surface area (Å²) in [5.74, 6) is 0.523. The zero-order valence-electron chi connectivity index (χ0n) is 17.6. The number of hydrogen-bond acceptors (Lipinski definition) is 6. The Morgan fingerprint density at radius 1 is 1.10 bits per heavy atom. The van der Waals surface area contributed by atoms with Crippen LogP contribution in [0.2, 0.25) is 10.0 Å². The lowest BCUT2D eigenvalue weighted by Crippen LogP contribution is -2.33.